The summed E-state index contributed by atoms with van der Waals surface area (Å²) in [4.78, 5) is 13.8. The molecular formula is C14H23N3O2. The molecule has 5 heteroatoms. The van der Waals surface area contributed by atoms with E-state index in [0.29, 0.717) is 13.2 Å². The maximum atomic E-state index is 11.8. The highest BCUT2D eigenvalue weighted by molar-refractivity contribution is 5.77. The van der Waals surface area contributed by atoms with Gasteiger partial charge in [0.15, 0.2) is 0 Å². The Morgan fingerprint density at radius 2 is 2.05 bits per heavy atom. The summed E-state index contributed by atoms with van der Waals surface area (Å²) < 4.78 is 5.14. The SMILES string of the molecule is CN(C)CC(NC(=O)COCCN)c1ccccc1. The number of rotatable bonds is 8. The maximum absolute atomic E-state index is 11.8. The summed E-state index contributed by atoms with van der Waals surface area (Å²) in [7, 11) is 3.96. The Kier molecular flexibility index (Phi) is 7.10. The smallest absolute Gasteiger partial charge is 0.246 e. The summed E-state index contributed by atoms with van der Waals surface area (Å²) in [6.45, 7) is 1.62. The van der Waals surface area contributed by atoms with Gasteiger partial charge >= 0.3 is 0 Å². The second-order valence-corrected chi connectivity index (χ2v) is 4.63. The van der Waals surface area contributed by atoms with Crippen LogP contribution in [0.1, 0.15) is 11.6 Å². The van der Waals surface area contributed by atoms with Crippen LogP contribution in [0.2, 0.25) is 0 Å². The number of nitrogens with two attached hydrogens (primary N) is 1. The Balaban J connectivity index is 2.57. The van der Waals surface area contributed by atoms with Crippen LogP contribution in [0, 0.1) is 0 Å². The van der Waals surface area contributed by atoms with Crippen molar-refractivity contribution in [3.63, 3.8) is 0 Å². The lowest BCUT2D eigenvalue weighted by molar-refractivity contribution is -0.126. The van der Waals surface area contributed by atoms with E-state index in [0.717, 1.165) is 12.1 Å². The lowest BCUT2D eigenvalue weighted by Gasteiger charge is -2.22. The van der Waals surface area contributed by atoms with E-state index < -0.39 is 0 Å². The number of ether oxygens (including phenoxy) is 1. The Bertz CT molecular complexity index is 368. The van der Waals surface area contributed by atoms with Gasteiger partial charge in [0.2, 0.25) is 5.91 Å². The maximum Gasteiger partial charge on any atom is 0.246 e. The number of likely N-dealkylation sites (N-methyl/N-ethyl adjacent to an activating group) is 1. The Hall–Kier alpha value is -1.43. The molecule has 106 valence electrons. The zero-order valence-electron chi connectivity index (χ0n) is 11.6. The fraction of sp³-hybridized carbons (Fsp3) is 0.500. The minimum Gasteiger partial charge on any atom is -0.370 e. The van der Waals surface area contributed by atoms with Gasteiger partial charge in [-0.3, -0.25) is 4.79 Å². The second kappa shape index (κ2) is 8.63. The minimum atomic E-state index is -0.121. The van der Waals surface area contributed by atoms with E-state index in [4.69, 9.17) is 10.5 Å². The van der Waals surface area contributed by atoms with Crippen molar-refractivity contribution in [2.24, 2.45) is 5.73 Å². The third kappa shape index (κ3) is 6.33. The van der Waals surface area contributed by atoms with Gasteiger partial charge in [-0.1, -0.05) is 30.3 Å². The first-order chi connectivity index (χ1) is 9.13. The zero-order valence-corrected chi connectivity index (χ0v) is 11.6. The number of carbonyl (C=O) groups is 1. The Morgan fingerprint density at radius 3 is 2.63 bits per heavy atom. The number of carbonyl (C=O) groups excluding carboxylic acids is 1. The van der Waals surface area contributed by atoms with Crippen LogP contribution in [0.25, 0.3) is 0 Å². The van der Waals surface area contributed by atoms with Gasteiger partial charge in [-0.15, -0.1) is 0 Å². The summed E-state index contributed by atoms with van der Waals surface area (Å²) >= 11 is 0. The molecule has 0 aliphatic rings. The van der Waals surface area contributed by atoms with Gasteiger partial charge in [-0.05, 0) is 19.7 Å². The molecular weight excluding hydrogens is 242 g/mol. The number of amides is 1. The zero-order chi connectivity index (χ0) is 14.1. The molecule has 1 atom stereocenters. The van der Waals surface area contributed by atoms with E-state index in [-0.39, 0.29) is 18.6 Å². The Labute approximate surface area is 114 Å². The first-order valence-electron chi connectivity index (χ1n) is 6.40. The molecule has 0 bridgehead atoms. The molecule has 0 saturated heterocycles. The third-order valence-electron chi connectivity index (χ3n) is 2.58. The van der Waals surface area contributed by atoms with Crippen molar-refractivity contribution in [1.29, 1.82) is 0 Å². The van der Waals surface area contributed by atoms with Crippen LogP contribution in [-0.2, 0) is 9.53 Å². The van der Waals surface area contributed by atoms with E-state index >= 15 is 0 Å². The van der Waals surface area contributed by atoms with Crippen LogP contribution >= 0.6 is 0 Å². The summed E-state index contributed by atoms with van der Waals surface area (Å²) in [5.41, 5.74) is 6.40. The number of hydrogen-bond donors (Lipinski definition) is 2. The average molecular weight is 265 g/mol. The van der Waals surface area contributed by atoms with Gasteiger partial charge in [0.25, 0.3) is 0 Å². The lowest BCUT2D eigenvalue weighted by atomic mass is 10.1. The molecule has 5 nitrogen and oxygen atoms in total. The standard InChI is InChI=1S/C14H23N3O2/c1-17(2)10-13(12-6-4-3-5-7-12)16-14(18)11-19-9-8-15/h3-7,13H,8-11,15H2,1-2H3,(H,16,18). The van der Waals surface area contributed by atoms with Gasteiger partial charge in [-0.2, -0.15) is 0 Å². The molecule has 1 aromatic rings. The summed E-state index contributed by atoms with van der Waals surface area (Å²) in [5.74, 6) is -0.121. The largest absolute Gasteiger partial charge is 0.370 e. The molecule has 3 N–H and O–H groups in total. The molecule has 0 fully saturated rings. The molecule has 1 amide bonds. The molecule has 0 radical (unpaired) electrons. The Morgan fingerprint density at radius 1 is 1.37 bits per heavy atom. The van der Waals surface area contributed by atoms with Gasteiger partial charge < -0.3 is 20.7 Å². The predicted molar refractivity (Wildman–Crippen MR) is 75.8 cm³/mol. The van der Waals surface area contributed by atoms with Crippen molar-refractivity contribution in [1.82, 2.24) is 10.2 Å². The number of nitrogens with one attached hydrogen (secondary N) is 1. The van der Waals surface area contributed by atoms with E-state index in [1.807, 2.05) is 49.3 Å². The monoisotopic (exact) mass is 265 g/mol. The molecule has 0 aromatic heterocycles. The molecule has 0 heterocycles. The lowest BCUT2D eigenvalue weighted by Crippen LogP contribution is -2.37. The van der Waals surface area contributed by atoms with Crippen LogP contribution in [0.4, 0.5) is 0 Å². The molecule has 0 spiro atoms. The minimum absolute atomic E-state index is 0.0369. The highest BCUT2D eigenvalue weighted by Gasteiger charge is 2.15. The number of benzene rings is 1. The van der Waals surface area contributed by atoms with Crippen LogP contribution in [0.3, 0.4) is 0 Å². The normalized spacial score (nSPS) is 12.4. The number of nitrogens with zero attached hydrogens (tertiary/aromatic N) is 1. The summed E-state index contributed by atoms with van der Waals surface area (Å²) in [5, 5.41) is 2.98. The van der Waals surface area contributed by atoms with Crippen molar-refractivity contribution < 1.29 is 9.53 Å². The van der Waals surface area contributed by atoms with Crippen molar-refractivity contribution in [3.05, 3.63) is 35.9 Å². The van der Waals surface area contributed by atoms with Gasteiger partial charge in [0.1, 0.15) is 6.61 Å². The van der Waals surface area contributed by atoms with Crippen LogP contribution in [0.5, 0.6) is 0 Å². The molecule has 0 aliphatic carbocycles. The van der Waals surface area contributed by atoms with E-state index in [1.54, 1.807) is 0 Å². The average Bonchev–Trinajstić information content (AvgIpc) is 2.39. The summed E-state index contributed by atoms with van der Waals surface area (Å²) in [6, 6.07) is 9.88. The fourth-order valence-corrected chi connectivity index (χ4v) is 1.77. The van der Waals surface area contributed by atoms with Crippen molar-refractivity contribution in [2.75, 3.05) is 40.4 Å². The van der Waals surface area contributed by atoms with Gasteiger partial charge in [0.05, 0.1) is 12.6 Å². The van der Waals surface area contributed by atoms with E-state index in [9.17, 15) is 4.79 Å². The van der Waals surface area contributed by atoms with Crippen LogP contribution in [0.15, 0.2) is 30.3 Å². The fourth-order valence-electron chi connectivity index (χ4n) is 1.77. The first-order valence-corrected chi connectivity index (χ1v) is 6.40. The third-order valence-corrected chi connectivity index (χ3v) is 2.58. The topological polar surface area (TPSA) is 67.6 Å². The van der Waals surface area contributed by atoms with Crippen molar-refractivity contribution in [2.45, 2.75) is 6.04 Å². The number of hydrogen-bond acceptors (Lipinski definition) is 4. The molecule has 1 unspecified atom stereocenters. The van der Waals surface area contributed by atoms with Crippen molar-refractivity contribution in [3.8, 4) is 0 Å². The first kappa shape index (κ1) is 15.6. The van der Waals surface area contributed by atoms with Gasteiger partial charge in [-0.25, -0.2) is 0 Å². The summed E-state index contributed by atoms with van der Waals surface area (Å²) in [6.07, 6.45) is 0. The molecule has 19 heavy (non-hydrogen) atoms. The van der Waals surface area contributed by atoms with E-state index in [1.165, 1.54) is 0 Å². The quantitative estimate of drug-likeness (QED) is 0.667. The predicted octanol–water partition coefficient (Wildman–Crippen LogP) is 0.381. The van der Waals surface area contributed by atoms with E-state index in [2.05, 4.69) is 5.32 Å². The van der Waals surface area contributed by atoms with Gasteiger partial charge in [0, 0.05) is 13.1 Å². The highest BCUT2D eigenvalue weighted by Crippen LogP contribution is 2.13. The molecule has 1 aromatic carbocycles. The van der Waals surface area contributed by atoms with Crippen LogP contribution < -0.4 is 11.1 Å². The van der Waals surface area contributed by atoms with Crippen LogP contribution in [-0.4, -0.2) is 51.2 Å². The molecule has 0 aliphatic heterocycles. The van der Waals surface area contributed by atoms with Crippen molar-refractivity contribution >= 4 is 5.91 Å². The molecule has 0 saturated carbocycles. The highest BCUT2D eigenvalue weighted by atomic mass is 16.5. The second-order valence-electron chi connectivity index (χ2n) is 4.63. The molecule has 1 rings (SSSR count).